The summed E-state index contributed by atoms with van der Waals surface area (Å²) in [6, 6.07) is 10.9. The summed E-state index contributed by atoms with van der Waals surface area (Å²) >= 11 is 7.27. The lowest BCUT2D eigenvalue weighted by molar-refractivity contribution is -0.119. The molecule has 4 rings (SSSR count). The van der Waals surface area contributed by atoms with E-state index in [1.165, 1.54) is 0 Å². The molecule has 2 fully saturated rings. The molecule has 0 saturated carbocycles. The van der Waals surface area contributed by atoms with Gasteiger partial charge in [-0.1, -0.05) is 0 Å². The molecule has 2 saturated heterocycles. The van der Waals surface area contributed by atoms with Crippen molar-refractivity contribution in [2.24, 2.45) is 0 Å². The highest BCUT2D eigenvalue weighted by Crippen LogP contribution is 2.46. The number of amides is 1. The lowest BCUT2D eigenvalue weighted by Crippen LogP contribution is -2.33. The zero-order valence-corrected chi connectivity index (χ0v) is 14.0. The Morgan fingerprint density at radius 1 is 1.30 bits per heavy atom. The number of hydrogen-bond donors (Lipinski definition) is 0. The molecule has 0 N–H and O–H groups in total. The second kappa shape index (κ2) is 5.58. The number of carbonyl (C=O) groups excluding carboxylic acids is 1. The number of nitrogens with zero attached hydrogens (tertiary/aromatic N) is 2. The minimum absolute atomic E-state index is 0.0155. The number of thioether (sulfide) groups is 1. The molecule has 2 aliphatic heterocycles. The summed E-state index contributed by atoms with van der Waals surface area (Å²) < 4.78 is 10.7. The van der Waals surface area contributed by atoms with Gasteiger partial charge in [0.1, 0.15) is 22.9 Å². The molecule has 0 spiro atoms. The monoisotopic (exact) mass is 346 g/mol. The van der Waals surface area contributed by atoms with Gasteiger partial charge in [0.25, 0.3) is 5.91 Å². The van der Waals surface area contributed by atoms with Crippen molar-refractivity contribution in [3.05, 3.63) is 48.4 Å². The van der Waals surface area contributed by atoms with E-state index >= 15 is 0 Å². The lowest BCUT2D eigenvalue weighted by Gasteiger charge is -2.24. The maximum atomic E-state index is 12.8. The molecular formula is C16H14N2O3S2. The van der Waals surface area contributed by atoms with Crippen molar-refractivity contribution in [2.45, 2.75) is 11.4 Å². The van der Waals surface area contributed by atoms with Crippen LogP contribution in [0.5, 0.6) is 5.75 Å². The van der Waals surface area contributed by atoms with Gasteiger partial charge in [-0.15, -0.1) is 11.8 Å². The Morgan fingerprint density at radius 2 is 2.09 bits per heavy atom. The normalized spacial score (nSPS) is 23.5. The highest BCUT2D eigenvalue weighted by atomic mass is 32.2. The molecule has 23 heavy (non-hydrogen) atoms. The fourth-order valence-corrected chi connectivity index (χ4v) is 4.78. The van der Waals surface area contributed by atoms with Gasteiger partial charge in [-0.05, 0) is 48.6 Å². The maximum Gasteiger partial charge on any atom is 0.257 e. The van der Waals surface area contributed by atoms with Crippen molar-refractivity contribution in [3.8, 4) is 5.75 Å². The van der Waals surface area contributed by atoms with Crippen LogP contribution in [0.25, 0.3) is 0 Å². The minimum atomic E-state index is -0.232. The summed E-state index contributed by atoms with van der Waals surface area (Å²) in [7, 11) is 1.61. The largest absolute Gasteiger partial charge is 0.497 e. The van der Waals surface area contributed by atoms with Crippen molar-refractivity contribution in [1.29, 1.82) is 0 Å². The van der Waals surface area contributed by atoms with Crippen LogP contribution in [0.2, 0.25) is 0 Å². The Hall–Kier alpha value is -1.99. The first-order chi connectivity index (χ1) is 11.2. The average Bonchev–Trinajstić information content (AvgIpc) is 3.28. The Balaban J connectivity index is 1.66. The number of rotatable bonds is 3. The number of methoxy groups -OCH3 is 1. The first kappa shape index (κ1) is 14.6. The summed E-state index contributed by atoms with van der Waals surface area (Å²) in [4.78, 5) is 16.4. The van der Waals surface area contributed by atoms with Crippen LogP contribution >= 0.6 is 24.0 Å². The molecule has 2 aliphatic rings. The zero-order valence-electron chi connectivity index (χ0n) is 12.3. The van der Waals surface area contributed by atoms with Crippen LogP contribution in [-0.2, 0) is 4.79 Å². The Labute approximate surface area is 143 Å². The Morgan fingerprint density at radius 3 is 2.74 bits per heavy atom. The van der Waals surface area contributed by atoms with E-state index in [9.17, 15) is 4.79 Å². The van der Waals surface area contributed by atoms with Crippen molar-refractivity contribution in [2.75, 3.05) is 17.8 Å². The predicted octanol–water partition coefficient (Wildman–Crippen LogP) is 3.04. The van der Waals surface area contributed by atoms with E-state index in [1.807, 2.05) is 41.3 Å². The molecule has 118 valence electrons. The van der Waals surface area contributed by atoms with Crippen molar-refractivity contribution in [3.63, 3.8) is 0 Å². The third kappa shape index (κ3) is 2.22. The van der Waals surface area contributed by atoms with Crippen molar-refractivity contribution in [1.82, 2.24) is 4.90 Å². The molecule has 1 aromatic heterocycles. The van der Waals surface area contributed by atoms with Gasteiger partial charge in [0, 0.05) is 5.75 Å². The van der Waals surface area contributed by atoms with Gasteiger partial charge in [-0.25, -0.2) is 0 Å². The molecule has 3 heterocycles. The van der Waals surface area contributed by atoms with E-state index in [0.29, 0.717) is 10.9 Å². The van der Waals surface area contributed by atoms with Gasteiger partial charge < -0.3 is 14.1 Å². The highest BCUT2D eigenvalue weighted by molar-refractivity contribution is 7.99. The number of thiocarbonyl (C=S) groups is 1. The van der Waals surface area contributed by atoms with Gasteiger partial charge in [-0.3, -0.25) is 9.69 Å². The quantitative estimate of drug-likeness (QED) is 0.796. The van der Waals surface area contributed by atoms with Crippen LogP contribution in [0.15, 0.2) is 47.1 Å². The summed E-state index contributed by atoms with van der Waals surface area (Å²) in [5.41, 5.74) is 0.762. The number of furan rings is 1. The van der Waals surface area contributed by atoms with E-state index in [1.54, 1.807) is 30.0 Å². The van der Waals surface area contributed by atoms with Crippen molar-refractivity contribution >= 4 is 40.7 Å². The summed E-state index contributed by atoms with van der Waals surface area (Å²) in [6.07, 6.45) is 1.64. The molecule has 2 aromatic rings. The molecule has 0 unspecified atom stereocenters. The molecule has 0 aliphatic carbocycles. The Bertz CT molecular complexity index is 745. The van der Waals surface area contributed by atoms with E-state index in [2.05, 4.69) is 0 Å². The molecular weight excluding hydrogens is 332 g/mol. The first-order valence-electron chi connectivity index (χ1n) is 7.16. The van der Waals surface area contributed by atoms with Crippen LogP contribution in [0, 0.1) is 0 Å². The predicted molar refractivity (Wildman–Crippen MR) is 92.6 cm³/mol. The van der Waals surface area contributed by atoms with Gasteiger partial charge in [-0.2, -0.15) is 0 Å². The number of benzene rings is 1. The van der Waals surface area contributed by atoms with E-state index in [-0.39, 0.29) is 17.3 Å². The molecule has 1 amide bonds. The Kier molecular flexibility index (Phi) is 3.54. The van der Waals surface area contributed by atoms with Gasteiger partial charge in [0.05, 0.1) is 19.1 Å². The number of ether oxygens (including phenoxy) is 1. The third-order valence-electron chi connectivity index (χ3n) is 4.04. The summed E-state index contributed by atoms with van der Waals surface area (Å²) in [5.74, 6) is 2.29. The number of hydrogen-bond acceptors (Lipinski definition) is 5. The molecule has 5 nitrogen and oxygen atoms in total. The van der Waals surface area contributed by atoms with Crippen molar-refractivity contribution < 1.29 is 13.9 Å². The van der Waals surface area contributed by atoms with Crippen LogP contribution in [0.1, 0.15) is 11.1 Å². The number of carbonyl (C=O) groups is 1. The van der Waals surface area contributed by atoms with Crippen LogP contribution < -0.4 is 9.64 Å². The second-order valence-corrected chi connectivity index (χ2v) is 6.76. The SMILES string of the molecule is COc1ccc(N2C(=O)[C@H]3CS[C@H](c4ccco4)N3C2=S)cc1. The van der Waals surface area contributed by atoms with Crippen LogP contribution in [-0.4, -0.2) is 34.8 Å². The zero-order chi connectivity index (χ0) is 16.0. The van der Waals surface area contributed by atoms with Crippen LogP contribution in [0.3, 0.4) is 0 Å². The van der Waals surface area contributed by atoms with Gasteiger partial charge in [0.15, 0.2) is 5.11 Å². The standard InChI is InChI=1S/C16H14N2O3S2/c1-20-11-6-4-10(5-7-11)17-14(19)12-9-23-15(18(12)16(17)22)13-3-2-8-21-13/h2-8,12,15H,9H2,1H3/t12-,15-/m1/s1. The van der Waals surface area contributed by atoms with E-state index in [4.69, 9.17) is 21.4 Å². The maximum absolute atomic E-state index is 12.8. The average molecular weight is 346 g/mol. The summed E-state index contributed by atoms with van der Waals surface area (Å²) in [5, 5.41) is 0.478. The molecule has 7 heteroatoms. The fourth-order valence-electron chi connectivity index (χ4n) is 2.91. The number of anilines is 1. The topological polar surface area (TPSA) is 45.9 Å². The smallest absolute Gasteiger partial charge is 0.257 e. The fraction of sp³-hybridized carbons (Fsp3) is 0.250. The second-order valence-electron chi connectivity index (χ2n) is 5.28. The molecule has 0 bridgehead atoms. The number of fused-ring (bicyclic) bond motifs is 1. The molecule has 0 radical (unpaired) electrons. The van der Waals surface area contributed by atoms with E-state index < -0.39 is 0 Å². The van der Waals surface area contributed by atoms with E-state index in [0.717, 1.165) is 17.2 Å². The third-order valence-corrected chi connectivity index (χ3v) is 5.71. The van der Waals surface area contributed by atoms with Gasteiger partial charge in [0.2, 0.25) is 0 Å². The summed E-state index contributed by atoms with van der Waals surface area (Å²) in [6.45, 7) is 0. The minimum Gasteiger partial charge on any atom is -0.497 e. The highest BCUT2D eigenvalue weighted by Gasteiger charge is 2.51. The molecule has 2 atom stereocenters. The lowest BCUT2D eigenvalue weighted by atomic mass is 10.2. The van der Waals surface area contributed by atoms with Crippen LogP contribution in [0.4, 0.5) is 5.69 Å². The van der Waals surface area contributed by atoms with Gasteiger partial charge >= 0.3 is 0 Å². The first-order valence-corrected chi connectivity index (χ1v) is 8.61. The molecule has 1 aromatic carbocycles.